The van der Waals surface area contributed by atoms with E-state index in [0.717, 1.165) is 12.2 Å². The number of rotatable bonds is 3. The zero-order valence-corrected chi connectivity index (χ0v) is 9.71. The molecule has 0 aliphatic heterocycles. The van der Waals surface area contributed by atoms with Gasteiger partial charge in [0, 0.05) is 24.8 Å². The maximum absolute atomic E-state index is 13.4. The average molecular weight is 211 g/mol. The van der Waals surface area contributed by atoms with E-state index >= 15 is 0 Å². The highest BCUT2D eigenvalue weighted by Gasteiger charge is 2.13. The van der Waals surface area contributed by atoms with Crippen LogP contribution in [-0.2, 0) is 0 Å². The Morgan fingerprint density at radius 2 is 2.07 bits per heavy atom. The molecule has 2 nitrogen and oxygen atoms in total. The highest BCUT2D eigenvalue weighted by molar-refractivity contribution is 5.56. The van der Waals surface area contributed by atoms with Crippen molar-refractivity contribution < 1.29 is 9.50 Å². The van der Waals surface area contributed by atoms with Crippen molar-refractivity contribution in [3.8, 4) is 0 Å². The SMILES string of the molecule is CCN(C)c1cc(C)c(F)cc1[C@H](C)O. The van der Waals surface area contributed by atoms with E-state index in [-0.39, 0.29) is 5.82 Å². The minimum absolute atomic E-state index is 0.265. The third-order valence-electron chi connectivity index (χ3n) is 2.64. The lowest BCUT2D eigenvalue weighted by Crippen LogP contribution is -2.18. The summed E-state index contributed by atoms with van der Waals surface area (Å²) in [6.45, 7) is 6.22. The van der Waals surface area contributed by atoms with Crippen LogP contribution in [0.25, 0.3) is 0 Å². The number of nitrogens with zero attached hydrogens (tertiary/aromatic N) is 1. The number of hydrogen-bond donors (Lipinski definition) is 1. The van der Waals surface area contributed by atoms with Crippen molar-refractivity contribution in [1.82, 2.24) is 0 Å². The first-order chi connectivity index (χ1) is 6.97. The summed E-state index contributed by atoms with van der Waals surface area (Å²) in [5, 5.41) is 9.57. The minimum Gasteiger partial charge on any atom is -0.389 e. The molecule has 0 amide bonds. The lowest BCUT2D eigenvalue weighted by Gasteiger charge is -2.23. The van der Waals surface area contributed by atoms with Crippen molar-refractivity contribution in [3.63, 3.8) is 0 Å². The summed E-state index contributed by atoms with van der Waals surface area (Å²) < 4.78 is 13.4. The fourth-order valence-electron chi connectivity index (χ4n) is 1.52. The number of aliphatic hydroxyl groups is 1. The zero-order valence-electron chi connectivity index (χ0n) is 9.71. The standard InChI is InChI=1S/C12H18FNO/c1-5-14(4)12-6-8(2)11(13)7-10(12)9(3)15/h6-7,9,15H,5H2,1-4H3/t9-/m0/s1. The molecule has 1 aromatic carbocycles. The second-order valence-electron chi connectivity index (χ2n) is 3.85. The summed E-state index contributed by atoms with van der Waals surface area (Å²) in [4.78, 5) is 1.99. The van der Waals surface area contributed by atoms with Gasteiger partial charge in [0.15, 0.2) is 0 Å². The van der Waals surface area contributed by atoms with Crippen molar-refractivity contribution in [2.75, 3.05) is 18.5 Å². The lowest BCUT2D eigenvalue weighted by atomic mass is 10.0. The van der Waals surface area contributed by atoms with Gasteiger partial charge in [-0.15, -0.1) is 0 Å². The van der Waals surface area contributed by atoms with Crippen molar-refractivity contribution in [2.24, 2.45) is 0 Å². The van der Waals surface area contributed by atoms with Gasteiger partial charge in [-0.3, -0.25) is 0 Å². The molecule has 0 bridgehead atoms. The number of anilines is 1. The molecule has 0 radical (unpaired) electrons. The summed E-state index contributed by atoms with van der Waals surface area (Å²) in [6.07, 6.45) is -0.649. The van der Waals surface area contributed by atoms with Gasteiger partial charge in [0.2, 0.25) is 0 Å². The summed E-state index contributed by atoms with van der Waals surface area (Å²) in [5.74, 6) is -0.265. The molecule has 0 aromatic heterocycles. The summed E-state index contributed by atoms with van der Waals surface area (Å²) in [7, 11) is 1.93. The maximum Gasteiger partial charge on any atom is 0.126 e. The van der Waals surface area contributed by atoms with Gasteiger partial charge >= 0.3 is 0 Å². The maximum atomic E-state index is 13.4. The van der Waals surface area contributed by atoms with Gasteiger partial charge in [0.25, 0.3) is 0 Å². The van der Waals surface area contributed by atoms with Crippen LogP contribution in [-0.4, -0.2) is 18.7 Å². The minimum atomic E-state index is -0.649. The molecule has 84 valence electrons. The van der Waals surface area contributed by atoms with Gasteiger partial charge < -0.3 is 10.0 Å². The van der Waals surface area contributed by atoms with Gasteiger partial charge in [0.1, 0.15) is 5.82 Å². The van der Waals surface area contributed by atoms with E-state index in [2.05, 4.69) is 0 Å². The molecule has 0 saturated carbocycles. The Balaban J connectivity index is 3.28. The second-order valence-corrected chi connectivity index (χ2v) is 3.85. The molecular formula is C12H18FNO. The van der Waals surface area contributed by atoms with Crippen LogP contribution in [0.3, 0.4) is 0 Å². The van der Waals surface area contributed by atoms with Crippen LogP contribution in [0.5, 0.6) is 0 Å². The predicted molar refractivity (Wildman–Crippen MR) is 60.7 cm³/mol. The number of aliphatic hydroxyl groups excluding tert-OH is 1. The third kappa shape index (κ3) is 2.48. The van der Waals surface area contributed by atoms with Crippen LogP contribution in [0.15, 0.2) is 12.1 Å². The molecule has 0 aliphatic rings. The summed E-state index contributed by atoms with van der Waals surface area (Å²) in [6, 6.07) is 3.20. The highest BCUT2D eigenvalue weighted by atomic mass is 19.1. The van der Waals surface area contributed by atoms with Gasteiger partial charge in [0.05, 0.1) is 6.10 Å². The molecule has 0 fully saturated rings. The van der Waals surface area contributed by atoms with Crippen LogP contribution in [0.4, 0.5) is 10.1 Å². The van der Waals surface area contributed by atoms with E-state index in [9.17, 15) is 9.50 Å². The van der Waals surface area contributed by atoms with Crippen molar-refractivity contribution in [3.05, 3.63) is 29.1 Å². The van der Waals surface area contributed by atoms with Crippen molar-refractivity contribution in [2.45, 2.75) is 26.9 Å². The van der Waals surface area contributed by atoms with Gasteiger partial charge in [-0.05, 0) is 38.5 Å². The smallest absolute Gasteiger partial charge is 0.126 e. The zero-order chi connectivity index (χ0) is 11.6. The van der Waals surface area contributed by atoms with E-state index in [1.165, 1.54) is 6.07 Å². The number of hydrogen-bond acceptors (Lipinski definition) is 2. The molecule has 3 heteroatoms. The predicted octanol–water partition coefficient (Wildman–Crippen LogP) is 2.64. The van der Waals surface area contributed by atoms with E-state index in [1.807, 2.05) is 18.9 Å². The Hall–Kier alpha value is -1.09. The number of halogens is 1. The summed E-state index contributed by atoms with van der Waals surface area (Å²) >= 11 is 0. The normalized spacial score (nSPS) is 12.7. The molecular weight excluding hydrogens is 193 g/mol. The number of aryl methyl sites for hydroxylation is 1. The van der Waals surface area contributed by atoms with Crippen LogP contribution in [0.2, 0.25) is 0 Å². The van der Waals surface area contributed by atoms with Crippen LogP contribution >= 0.6 is 0 Å². The highest BCUT2D eigenvalue weighted by Crippen LogP contribution is 2.28. The topological polar surface area (TPSA) is 23.5 Å². The first kappa shape index (κ1) is 12.0. The first-order valence-electron chi connectivity index (χ1n) is 5.16. The number of benzene rings is 1. The molecule has 0 spiro atoms. The van der Waals surface area contributed by atoms with E-state index < -0.39 is 6.10 Å². The van der Waals surface area contributed by atoms with E-state index in [1.54, 1.807) is 19.9 Å². The van der Waals surface area contributed by atoms with Crippen LogP contribution in [0.1, 0.15) is 31.1 Å². The quantitative estimate of drug-likeness (QED) is 0.830. The van der Waals surface area contributed by atoms with Gasteiger partial charge in [-0.2, -0.15) is 0 Å². The monoisotopic (exact) mass is 211 g/mol. The lowest BCUT2D eigenvalue weighted by molar-refractivity contribution is 0.199. The Morgan fingerprint density at radius 1 is 1.47 bits per heavy atom. The second kappa shape index (κ2) is 4.62. The fraction of sp³-hybridized carbons (Fsp3) is 0.500. The van der Waals surface area contributed by atoms with Crippen molar-refractivity contribution in [1.29, 1.82) is 0 Å². The van der Waals surface area contributed by atoms with Gasteiger partial charge in [-0.1, -0.05) is 0 Å². The molecule has 1 N–H and O–H groups in total. The van der Waals surface area contributed by atoms with Crippen LogP contribution in [0, 0.1) is 12.7 Å². The Labute approximate surface area is 90.3 Å². The Morgan fingerprint density at radius 3 is 2.53 bits per heavy atom. The van der Waals surface area contributed by atoms with Gasteiger partial charge in [-0.25, -0.2) is 4.39 Å². The third-order valence-corrected chi connectivity index (χ3v) is 2.64. The largest absolute Gasteiger partial charge is 0.389 e. The first-order valence-corrected chi connectivity index (χ1v) is 5.16. The molecule has 1 atom stereocenters. The average Bonchev–Trinajstić information content (AvgIpc) is 2.20. The summed E-state index contributed by atoms with van der Waals surface area (Å²) in [5.41, 5.74) is 2.14. The molecule has 1 rings (SSSR count). The van der Waals surface area contributed by atoms with Crippen molar-refractivity contribution >= 4 is 5.69 Å². The molecule has 0 heterocycles. The molecule has 0 unspecified atom stereocenters. The molecule has 1 aromatic rings. The molecule has 0 aliphatic carbocycles. The van der Waals surface area contributed by atoms with Crippen LogP contribution < -0.4 is 4.90 Å². The fourth-order valence-corrected chi connectivity index (χ4v) is 1.52. The van der Waals surface area contributed by atoms with E-state index in [4.69, 9.17) is 0 Å². The molecule has 15 heavy (non-hydrogen) atoms. The molecule has 0 saturated heterocycles. The Bertz CT molecular complexity index is 350. The van der Waals surface area contributed by atoms with E-state index in [0.29, 0.717) is 11.1 Å². The Kier molecular flexibility index (Phi) is 3.69.